The summed E-state index contributed by atoms with van der Waals surface area (Å²) < 4.78 is 103. The third-order valence-corrected chi connectivity index (χ3v) is 4.71. The van der Waals surface area contributed by atoms with Gasteiger partial charge >= 0.3 is 0 Å². The second-order valence-corrected chi connectivity index (χ2v) is 6.64. The SMILES string of the molecule is O=S(=O)(Nc1cc(O)c2c(c1)OCCO2)c1c(F)c(F)c(F)c(F)c1F. The van der Waals surface area contributed by atoms with Crippen molar-refractivity contribution in [3.05, 3.63) is 41.2 Å². The summed E-state index contributed by atoms with van der Waals surface area (Å²) in [5.41, 5.74) is -0.448. The predicted molar refractivity (Wildman–Crippen MR) is 76.1 cm³/mol. The number of benzene rings is 2. The van der Waals surface area contributed by atoms with E-state index < -0.39 is 55.4 Å². The molecule has 0 atom stereocenters. The van der Waals surface area contributed by atoms with Gasteiger partial charge in [-0.15, -0.1) is 0 Å². The number of hydrogen-bond acceptors (Lipinski definition) is 5. The number of phenolic OH excluding ortho intramolecular Hbond substituents is 1. The van der Waals surface area contributed by atoms with Crippen molar-refractivity contribution in [1.82, 2.24) is 0 Å². The number of anilines is 1. The molecule has 1 aliphatic rings. The number of nitrogens with one attached hydrogen (secondary N) is 1. The van der Waals surface area contributed by atoms with E-state index in [0.717, 1.165) is 12.1 Å². The molecule has 0 unspecified atom stereocenters. The Morgan fingerprint density at radius 1 is 0.885 bits per heavy atom. The molecule has 1 heterocycles. The zero-order valence-corrected chi connectivity index (χ0v) is 13.3. The Balaban J connectivity index is 2.08. The highest BCUT2D eigenvalue weighted by molar-refractivity contribution is 7.92. The molecular formula is C14H8F5NO5S. The second kappa shape index (κ2) is 6.20. The first-order chi connectivity index (χ1) is 12.1. The molecule has 0 fully saturated rings. The van der Waals surface area contributed by atoms with Crippen LogP contribution in [0.5, 0.6) is 17.2 Å². The zero-order valence-electron chi connectivity index (χ0n) is 12.4. The first-order valence-electron chi connectivity index (χ1n) is 6.80. The van der Waals surface area contributed by atoms with Crippen LogP contribution in [0.1, 0.15) is 0 Å². The van der Waals surface area contributed by atoms with Crippen molar-refractivity contribution >= 4 is 15.7 Å². The summed E-state index contributed by atoms with van der Waals surface area (Å²) in [6.45, 7) is 0.205. The molecule has 2 aromatic carbocycles. The van der Waals surface area contributed by atoms with Crippen LogP contribution in [0.15, 0.2) is 17.0 Å². The third-order valence-electron chi connectivity index (χ3n) is 3.31. The lowest BCUT2D eigenvalue weighted by Crippen LogP contribution is -2.20. The lowest BCUT2D eigenvalue weighted by atomic mass is 10.2. The average Bonchev–Trinajstić information content (AvgIpc) is 2.58. The van der Waals surface area contributed by atoms with E-state index in [4.69, 9.17) is 9.47 Å². The Labute approximate surface area is 142 Å². The summed E-state index contributed by atoms with van der Waals surface area (Å²) in [5.74, 6) is -13.1. The van der Waals surface area contributed by atoms with Crippen LogP contribution in [0.2, 0.25) is 0 Å². The first-order valence-corrected chi connectivity index (χ1v) is 8.28. The number of halogens is 5. The molecule has 26 heavy (non-hydrogen) atoms. The van der Waals surface area contributed by atoms with Crippen LogP contribution in [0, 0.1) is 29.1 Å². The molecular weight excluding hydrogens is 389 g/mol. The van der Waals surface area contributed by atoms with Crippen molar-refractivity contribution in [2.24, 2.45) is 0 Å². The molecule has 3 rings (SSSR count). The van der Waals surface area contributed by atoms with E-state index in [1.54, 1.807) is 4.72 Å². The minimum Gasteiger partial charge on any atom is -0.504 e. The summed E-state index contributed by atoms with van der Waals surface area (Å²) in [6.07, 6.45) is 0. The Morgan fingerprint density at radius 3 is 2.04 bits per heavy atom. The molecule has 0 aliphatic carbocycles. The van der Waals surface area contributed by atoms with Crippen LogP contribution >= 0.6 is 0 Å². The Hall–Kier alpha value is -2.76. The maximum Gasteiger partial charge on any atom is 0.267 e. The van der Waals surface area contributed by atoms with Gasteiger partial charge in [0.2, 0.25) is 11.6 Å². The molecule has 0 spiro atoms. The Morgan fingerprint density at radius 2 is 1.42 bits per heavy atom. The van der Waals surface area contributed by atoms with Crippen LogP contribution in [-0.4, -0.2) is 26.7 Å². The van der Waals surface area contributed by atoms with Crippen LogP contribution in [0.3, 0.4) is 0 Å². The number of hydrogen-bond donors (Lipinski definition) is 2. The number of rotatable bonds is 3. The summed E-state index contributed by atoms with van der Waals surface area (Å²) in [6, 6.07) is 1.83. The van der Waals surface area contributed by atoms with Crippen LogP contribution < -0.4 is 14.2 Å². The molecule has 0 bridgehead atoms. The monoisotopic (exact) mass is 397 g/mol. The van der Waals surface area contributed by atoms with Gasteiger partial charge in [0.15, 0.2) is 39.7 Å². The highest BCUT2D eigenvalue weighted by Gasteiger charge is 2.34. The molecule has 0 aromatic heterocycles. The lowest BCUT2D eigenvalue weighted by molar-refractivity contribution is 0.166. The highest BCUT2D eigenvalue weighted by atomic mass is 32.2. The number of ether oxygens (including phenoxy) is 2. The van der Waals surface area contributed by atoms with Crippen molar-refractivity contribution in [2.45, 2.75) is 4.90 Å². The quantitative estimate of drug-likeness (QED) is 0.473. The molecule has 0 radical (unpaired) electrons. The predicted octanol–water partition coefficient (Wildman–Crippen LogP) is 2.66. The van der Waals surface area contributed by atoms with E-state index in [0.29, 0.717) is 0 Å². The van der Waals surface area contributed by atoms with Crippen molar-refractivity contribution < 1.29 is 45.0 Å². The zero-order chi connectivity index (χ0) is 19.2. The van der Waals surface area contributed by atoms with Gasteiger partial charge in [0.25, 0.3) is 10.0 Å². The maximum absolute atomic E-state index is 13.7. The minimum absolute atomic E-state index is 0.0774. The normalized spacial score (nSPS) is 13.6. The molecule has 0 amide bonds. The third kappa shape index (κ3) is 2.85. The number of sulfonamides is 1. The largest absolute Gasteiger partial charge is 0.504 e. The van der Waals surface area contributed by atoms with Crippen LogP contribution in [0.4, 0.5) is 27.6 Å². The number of fused-ring (bicyclic) bond motifs is 1. The lowest BCUT2D eigenvalue weighted by Gasteiger charge is -2.20. The van der Waals surface area contributed by atoms with Crippen LogP contribution in [-0.2, 0) is 10.0 Å². The van der Waals surface area contributed by atoms with E-state index in [1.807, 2.05) is 0 Å². The molecule has 2 N–H and O–H groups in total. The summed E-state index contributed by atoms with van der Waals surface area (Å²) >= 11 is 0. The molecule has 0 saturated heterocycles. The van der Waals surface area contributed by atoms with Crippen molar-refractivity contribution in [3.8, 4) is 17.2 Å². The molecule has 140 valence electrons. The van der Waals surface area contributed by atoms with Gasteiger partial charge < -0.3 is 14.6 Å². The van der Waals surface area contributed by atoms with Gasteiger partial charge in [0.1, 0.15) is 13.2 Å². The number of phenols is 1. The molecule has 6 nitrogen and oxygen atoms in total. The Bertz CT molecular complexity index is 983. The fraction of sp³-hybridized carbons (Fsp3) is 0.143. The summed E-state index contributed by atoms with van der Waals surface area (Å²) in [7, 11) is -5.23. The summed E-state index contributed by atoms with van der Waals surface area (Å²) in [4.78, 5) is -2.05. The smallest absolute Gasteiger partial charge is 0.267 e. The van der Waals surface area contributed by atoms with Crippen molar-refractivity contribution in [2.75, 3.05) is 17.9 Å². The minimum atomic E-state index is -5.23. The Kier molecular flexibility index (Phi) is 4.30. The van der Waals surface area contributed by atoms with Crippen LogP contribution in [0.25, 0.3) is 0 Å². The molecule has 0 saturated carbocycles. The summed E-state index contributed by atoms with van der Waals surface area (Å²) in [5, 5.41) is 9.78. The molecule has 1 aliphatic heterocycles. The van der Waals surface area contributed by atoms with E-state index >= 15 is 0 Å². The maximum atomic E-state index is 13.7. The fourth-order valence-electron chi connectivity index (χ4n) is 2.22. The van der Waals surface area contributed by atoms with Gasteiger partial charge in [0.05, 0.1) is 5.69 Å². The number of aromatic hydroxyl groups is 1. The van der Waals surface area contributed by atoms with E-state index in [2.05, 4.69) is 0 Å². The van der Waals surface area contributed by atoms with Crippen molar-refractivity contribution in [3.63, 3.8) is 0 Å². The van der Waals surface area contributed by atoms with E-state index in [-0.39, 0.29) is 24.7 Å². The average molecular weight is 397 g/mol. The van der Waals surface area contributed by atoms with Gasteiger partial charge in [-0.2, -0.15) is 0 Å². The molecule has 12 heteroatoms. The first kappa shape index (κ1) is 18.0. The van der Waals surface area contributed by atoms with E-state index in [9.17, 15) is 35.5 Å². The van der Waals surface area contributed by atoms with E-state index in [1.165, 1.54) is 0 Å². The fourth-order valence-corrected chi connectivity index (χ4v) is 3.40. The van der Waals surface area contributed by atoms with Gasteiger partial charge in [-0.25, -0.2) is 30.4 Å². The topological polar surface area (TPSA) is 84.9 Å². The highest BCUT2D eigenvalue weighted by Crippen LogP contribution is 2.42. The van der Waals surface area contributed by atoms with Crippen molar-refractivity contribution in [1.29, 1.82) is 0 Å². The molecule has 2 aromatic rings. The van der Waals surface area contributed by atoms with Gasteiger partial charge in [0, 0.05) is 12.1 Å². The van der Waals surface area contributed by atoms with Gasteiger partial charge in [-0.1, -0.05) is 0 Å². The van der Waals surface area contributed by atoms with Gasteiger partial charge in [-0.05, 0) is 0 Å². The second-order valence-electron chi connectivity index (χ2n) is 5.02. The van der Waals surface area contributed by atoms with Gasteiger partial charge in [-0.3, -0.25) is 4.72 Å². The standard InChI is InChI=1S/C14H8F5NO5S/c15-8-9(16)11(18)14(12(19)10(8)17)26(22,23)20-5-3-6(21)13-7(4-5)24-1-2-25-13/h3-4,20-21H,1-2H2.